The van der Waals surface area contributed by atoms with Crippen molar-refractivity contribution in [2.24, 2.45) is 15.9 Å². The van der Waals surface area contributed by atoms with Crippen LogP contribution in [-0.2, 0) is 16.0 Å². The van der Waals surface area contributed by atoms with E-state index in [1.165, 1.54) is 40.0 Å². The van der Waals surface area contributed by atoms with Crippen molar-refractivity contribution in [2.75, 3.05) is 11.1 Å². The van der Waals surface area contributed by atoms with Crippen LogP contribution in [0.5, 0.6) is 0 Å². The van der Waals surface area contributed by atoms with Gasteiger partial charge < -0.3 is 0 Å². The SMILES string of the molecule is CCCc1nnc(NC(=O)CSC2=NC(=O)C3C(=N2)SC2=C3CCCC2)s1. The molecule has 2 amide bonds. The minimum atomic E-state index is -0.262. The van der Waals surface area contributed by atoms with Gasteiger partial charge in [-0.25, -0.2) is 4.99 Å². The van der Waals surface area contributed by atoms with Gasteiger partial charge in [-0.15, -0.1) is 10.2 Å². The van der Waals surface area contributed by atoms with Gasteiger partial charge in [0.15, 0.2) is 5.17 Å². The van der Waals surface area contributed by atoms with Crippen molar-refractivity contribution in [3.63, 3.8) is 0 Å². The Hall–Kier alpha value is -1.52. The smallest absolute Gasteiger partial charge is 0.262 e. The summed E-state index contributed by atoms with van der Waals surface area (Å²) in [6, 6.07) is 0. The maximum atomic E-state index is 12.5. The second kappa shape index (κ2) is 8.24. The van der Waals surface area contributed by atoms with Crippen LogP contribution in [0.1, 0.15) is 44.0 Å². The highest BCUT2D eigenvalue weighted by atomic mass is 32.2. The molecule has 0 bridgehead atoms. The van der Waals surface area contributed by atoms with E-state index in [4.69, 9.17) is 0 Å². The Morgan fingerprint density at radius 3 is 2.96 bits per heavy atom. The summed E-state index contributed by atoms with van der Waals surface area (Å²) in [6.45, 7) is 2.07. The van der Waals surface area contributed by atoms with E-state index in [0.717, 1.165) is 42.2 Å². The normalized spacial score (nSPS) is 21.5. The van der Waals surface area contributed by atoms with Gasteiger partial charge in [0.25, 0.3) is 5.91 Å². The first-order valence-electron chi connectivity index (χ1n) is 9.00. The number of hydrogen-bond acceptors (Lipinski definition) is 8. The molecule has 1 aliphatic carbocycles. The zero-order valence-corrected chi connectivity index (χ0v) is 17.3. The molecule has 3 aliphatic rings. The average molecular weight is 422 g/mol. The Balaban J connectivity index is 1.34. The number of nitrogens with zero attached hydrogens (tertiary/aromatic N) is 4. The molecular formula is C17H19N5O2S3. The van der Waals surface area contributed by atoms with Gasteiger partial charge in [-0.2, -0.15) is 4.99 Å². The van der Waals surface area contributed by atoms with Crippen LogP contribution in [-0.4, -0.2) is 38.0 Å². The van der Waals surface area contributed by atoms with E-state index >= 15 is 0 Å². The molecule has 0 fully saturated rings. The minimum absolute atomic E-state index is 0.133. The van der Waals surface area contributed by atoms with Crippen LogP contribution < -0.4 is 5.32 Å². The summed E-state index contributed by atoms with van der Waals surface area (Å²) in [5, 5.41) is 13.4. The Labute approximate surface area is 169 Å². The third-order valence-electron chi connectivity index (χ3n) is 4.45. The van der Waals surface area contributed by atoms with Crippen LogP contribution in [0.4, 0.5) is 5.13 Å². The third-order valence-corrected chi connectivity index (χ3v) is 7.44. The summed E-state index contributed by atoms with van der Waals surface area (Å²) in [5.74, 6) is -0.473. The maximum Gasteiger partial charge on any atom is 0.262 e. The fraction of sp³-hybridized carbons (Fsp3) is 0.529. The average Bonchev–Trinajstić information content (AvgIpc) is 3.24. The number of anilines is 1. The number of amides is 2. The highest BCUT2D eigenvalue weighted by molar-refractivity contribution is 8.18. The number of fused-ring (bicyclic) bond motifs is 2. The topological polar surface area (TPSA) is 96.7 Å². The number of amidine groups is 1. The van der Waals surface area contributed by atoms with Crippen LogP contribution in [0.3, 0.4) is 0 Å². The molecule has 0 radical (unpaired) electrons. The number of aliphatic imine (C=N–C) groups is 2. The van der Waals surface area contributed by atoms with Gasteiger partial charge in [0, 0.05) is 6.42 Å². The molecule has 0 spiro atoms. The van der Waals surface area contributed by atoms with Crippen molar-refractivity contribution >= 4 is 62.0 Å². The lowest BCUT2D eigenvalue weighted by molar-refractivity contribution is -0.119. The molecule has 1 aromatic heterocycles. The number of allylic oxidation sites excluding steroid dienone is 1. The molecule has 1 aromatic rings. The molecule has 1 unspecified atom stereocenters. The highest BCUT2D eigenvalue weighted by Gasteiger charge is 2.40. The van der Waals surface area contributed by atoms with Gasteiger partial charge >= 0.3 is 0 Å². The third kappa shape index (κ3) is 4.17. The molecule has 4 rings (SSSR count). The summed E-state index contributed by atoms with van der Waals surface area (Å²) in [4.78, 5) is 34.6. The number of rotatable bonds is 5. The molecule has 3 heterocycles. The summed E-state index contributed by atoms with van der Waals surface area (Å²) in [7, 11) is 0. The number of thioether (sulfide) groups is 2. The first kappa shape index (κ1) is 18.8. The van der Waals surface area contributed by atoms with Crippen LogP contribution in [0.2, 0.25) is 0 Å². The van der Waals surface area contributed by atoms with Crippen LogP contribution in [0, 0.1) is 5.92 Å². The Morgan fingerprint density at radius 1 is 1.26 bits per heavy atom. The lowest BCUT2D eigenvalue weighted by Crippen LogP contribution is -2.25. The van der Waals surface area contributed by atoms with E-state index in [1.807, 2.05) is 0 Å². The first-order chi connectivity index (χ1) is 13.1. The van der Waals surface area contributed by atoms with E-state index in [-0.39, 0.29) is 23.5 Å². The van der Waals surface area contributed by atoms with Gasteiger partial charge in [0.05, 0.1) is 10.8 Å². The van der Waals surface area contributed by atoms with Crippen LogP contribution in [0.15, 0.2) is 20.5 Å². The minimum Gasteiger partial charge on any atom is -0.300 e. The monoisotopic (exact) mass is 421 g/mol. The number of carbonyl (C=O) groups excluding carboxylic acids is 2. The zero-order valence-electron chi connectivity index (χ0n) is 14.9. The number of aryl methyl sites for hydroxylation is 1. The van der Waals surface area contributed by atoms with Crippen LogP contribution in [0.25, 0.3) is 0 Å². The van der Waals surface area contributed by atoms with E-state index in [2.05, 4.69) is 32.4 Å². The van der Waals surface area contributed by atoms with Gasteiger partial charge in [0.2, 0.25) is 11.0 Å². The number of hydrogen-bond donors (Lipinski definition) is 1. The number of nitrogens with one attached hydrogen (secondary N) is 1. The molecule has 1 atom stereocenters. The molecule has 10 heteroatoms. The quantitative estimate of drug-likeness (QED) is 0.779. The first-order valence-corrected chi connectivity index (χ1v) is 11.6. The van der Waals surface area contributed by atoms with E-state index in [0.29, 0.717) is 10.3 Å². The predicted molar refractivity (Wildman–Crippen MR) is 111 cm³/mol. The molecule has 1 N–H and O–H groups in total. The standard InChI is InChI=1S/C17H19N5O2S3/c1-2-5-12-21-22-17(27-12)18-11(23)8-25-16-19-14(24)13-9-6-3-4-7-10(9)26-15(13)20-16/h13H,2-8H2,1H3,(H,18,22,23). The predicted octanol–water partition coefficient (Wildman–Crippen LogP) is 3.65. The van der Waals surface area contributed by atoms with Crippen molar-refractivity contribution in [1.29, 1.82) is 0 Å². The Kier molecular flexibility index (Phi) is 5.74. The largest absolute Gasteiger partial charge is 0.300 e. The Bertz CT molecular complexity index is 874. The summed E-state index contributed by atoms with van der Waals surface area (Å²) < 4.78 is 0. The van der Waals surface area contributed by atoms with Gasteiger partial charge in [0.1, 0.15) is 10.9 Å². The molecule has 7 nitrogen and oxygen atoms in total. The highest BCUT2D eigenvalue weighted by Crippen LogP contribution is 2.47. The summed E-state index contributed by atoms with van der Waals surface area (Å²) in [5.41, 5.74) is 1.22. The van der Waals surface area contributed by atoms with Crippen molar-refractivity contribution in [3.8, 4) is 0 Å². The molecule has 0 saturated carbocycles. The number of carbonyl (C=O) groups is 2. The van der Waals surface area contributed by atoms with Crippen molar-refractivity contribution < 1.29 is 9.59 Å². The van der Waals surface area contributed by atoms with Crippen molar-refractivity contribution in [2.45, 2.75) is 45.4 Å². The fourth-order valence-electron chi connectivity index (χ4n) is 3.25. The molecular weight excluding hydrogens is 402 g/mol. The van der Waals surface area contributed by atoms with E-state index in [1.54, 1.807) is 11.8 Å². The van der Waals surface area contributed by atoms with Crippen molar-refractivity contribution in [1.82, 2.24) is 10.2 Å². The van der Waals surface area contributed by atoms with Crippen LogP contribution >= 0.6 is 34.9 Å². The number of aromatic nitrogens is 2. The van der Waals surface area contributed by atoms with Gasteiger partial charge in [-0.3, -0.25) is 14.9 Å². The second-order valence-electron chi connectivity index (χ2n) is 6.46. The van der Waals surface area contributed by atoms with Gasteiger partial charge in [-0.1, -0.05) is 41.8 Å². The summed E-state index contributed by atoms with van der Waals surface area (Å²) >= 11 is 4.20. The van der Waals surface area contributed by atoms with Gasteiger partial charge in [-0.05, 0) is 42.6 Å². The molecule has 0 saturated heterocycles. The van der Waals surface area contributed by atoms with E-state index in [9.17, 15) is 9.59 Å². The zero-order chi connectivity index (χ0) is 18.8. The molecule has 27 heavy (non-hydrogen) atoms. The lowest BCUT2D eigenvalue weighted by Gasteiger charge is -2.18. The van der Waals surface area contributed by atoms with Crippen molar-refractivity contribution in [3.05, 3.63) is 15.5 Å². The Morgan fingerprint density at radius 2 is 2.11 bits per heavy atom. The molecule has 2 aliphatic heterocycles. The fourth-order valence-corrected chi connectivity index (χ4v) is 6.15. The van der Waals surface area contributed by atoms with E-state index < -0.39 is 0 Å². The second-order valence-corrected chi connectivity index (χ2v) is 9.58. The molecule has 0 aromatic carbocycles. The molecule has 142 valence electrons. The lowest BCUT2D eigenvalue weighted by atomic mass is 9.89. The summed E-state index contributed by atoms with van der Waals surface area (Å²) in [6.07, 6.45) is 6.16. The maximum absolute atomic E-state index is 12.5.